The molecule has 5 atom stereocenters. The van der Waals surface area contributed by atoms with Crippen LogP contribution in [0, 0.1) is 11.8 Å². The first-order chi connectivity index (χ1) is 19.5. The predicted octanol–water partition coefficient (Wildman–Crippen LogP) is 4.13. The first kappa shape index (κ1) is 27.5. The molecule has 7 nitrogen and oxygen atoms in total. The van der Waals surface area contributed by atoms with Gasteiger partial charge in [-0.05, 0) is 73.6 Å². The Balaban J connectivity index is 1.30. The van der Waals surface area contributed by atoms with Gasteiger partial charge in [-0.3, -0.25) is 4.79 Å². The number of rotatable bonds is 4. The Bertz CT molecular complexity index is 1220. The van der Waals surface area contributed by atoms with Gasteiger partial charge in [0.2, 0.25) is 11.6 Å². The Morgan fingerprint density at radius 1 is 1.07 bits per heavy atom. The smallest absolute Gasteiger partial charge is 0.407 e. The SMILES string of the molecule is COC(=O)NC1CC[C@]2(C[NH2+]CC2C(=O)N2CC[C@@H](c3ccccc3)C[C@H]2C2CCCCC2)c2ccc(Cl)[nH+]c21. The van der Waals surface area contributed by atoms with Crippen molar-refractivity contribution in [2.24, 2.45) is 11.8 Å². The lowest BCUT2D eigenvalue weighted by Crippen LogP contribution is -2.82. The van der Waals surface area contributed by atoms with Gasteiger partial charge in [-0.1, -0.05) is 49.6 Å². The molecule has 214 valence electrons. The number of hydrogen-bond donors (Lipinski definition) is 2. The number of methoxy groups -OCH3 is 1. The van der Waals surface area contributed by atoms with E-state index in [4.69, 9.17) is 16.3 Å². The Morgan fingerprint density at radius 2 is 1.88 bits per heavy atom. The number of carbonyl (C=O) groups excluding carboxylic acids is 2. The molecule has 6 rings (SSSR count). The maximum Gasteiger partial charge on any atom is 0.407 e. The largest absolute Gasteiger partial charge is 0.453 e. The fraction of sp³-hybridized carbons (Fsp3) is 0.594. The molecule has 1 aromatic carbocycles. The van der Waals surface area contributed by atoms with Crippen molar-refractivity contribution in [2.45, 2.75) is 81.2 Å². The van der Waals surface area contributed by atoms with Gasteiger partial charge in [0, 0.05) is 24.2 Å². The van der Waals surface area contributed by atoms with Gasteiger partial charge in [0.15, 0.2) is 0 Å². The average molecular weight is 567 g/mol. The highest BCUT2D eigenvalue weighted by Crippen LogP contribution is 2.48. The molecule has 2 aliphatic heterocycles. The van der Waals surface area contributed by atoms with Crippen molar-refractivity contribution in [3.63, 3.8) is 0 Å². The molecule has 4 N–H and O–H groups in total. The van der Waals surface area contributed by atoms with Gasteiger partial charge in [-0.25, -0.2) is 4.79 Å². The summed E-state index contributed by atoms with van der Waals surface area (Å²) < 4.78 is 4.90. The molecule has 40 heavy (non-hydrogen) atoms. The number of amides is 2. The summed E-state index contributed by atoms with van der Waals surface area (Å²) in [6, 6.07) is 15.0. The zero-order valence-electron chi connectivity index (χ0n) is 23.5. The highest BCUT2D eigenvalue weighted by molar-refractivity contribution is 6.28. The van der Waals surface area contributed by atoms with Crippen LogP contribution in [0.2, 0.25) is 5.15 Å². The number of benzene rings is 1. The third-order valence-corrected chi connectivity index (χ3v) is 10.7. The fourth-order valence-corrected chi connectivity index (χ4v) is 8.64. The number of ether oxygens (including phenoxy) is 1. The van der Waals surface area contributed by atoms with E-state index in [0.717, 1.165) is 56.6 Å². The lowest BCUT2D eigenvalue weighted by Gasteiger charge is -2.47. The minimum absolute atomic E-state index is 0.0979. The average Bonchev–Trinajstić information content (AvgIpc) is 3.43. The van der Waals surface area contributed by atoms with E-state index in [1.165, 1.54) is 44.8 Å². The number of aromatic nitrogens is 1. The Kier molecular flexibility index (Phi) is 8.04. The second-order valence-corrected chi connectivity index (χ2v) is 12.8. The van der Waals surface area contributed by atoms with E-state index in [-0.39, 0.29) is 17.4 Å². The fourth-order valence-electron chi connectivity index (χ4n) is 8.47. The van der Waals surface area contributed by atoms with Crippen molar-refractivity contribution in [3.8, 4) is 0 Å². The van der Waals surface area contributed by atoms with E-state index in [1.54, 1.807) is 0 Å². The second-order valence-electron chi connectivity index (χ2n) is 12.4. The highest BCUT2D eigenvalue weighted by Gasteiger charge is 2.58. The van der Waals surface area contributed by atoms with Crippen LogP contribution in [0.5, 0.6) is 0 Å². The number of aromatic amines is 1. The monoisotopic (exact) mass is 566 g/mol. The van der Waals surface area contributed by atoms with Gasteiger partial charge in [-0.15, -0.1) is 0 Å². The topological polar surface area (TPSA) is 89.4 Å². The number of halogens is 1. The van der Waals surface area contributed by atoms with Crippen molar-refractivity contribution >= 4 is 23.6 Å². The molecule has 1 aromatic heterocycles. The number of pyridine rings is 1. The van der Waals surface area contributed by atoms with E-state index < -0.39 is 6.09 Å². The van der Waals surface area contributed by atoms with E-state index in [1.807, 2.05) is 6.07 Å². The zero-order chi connectivity index (χ0) is 27.7. The van der Waals surface area contributed by atoms with Crippen LogP contribution in [-0.4, -0.2) is 49.7 Å². The number of fused-ring (bicyclic) bond motifs is 2. The molecule has 1 saturated carbocycles. The molecular weight excluding hydrogens is 524 g/mol. The maximum absolute atomic E-state index is 14.7. The standard InChI is InChI=1S/C32H41ClN4O3/c1-40-31(39)35-26-14-16-32(24-12-13-28(33)36-29(24)26)20-34-19-25(32)30(38)37-17-15-23(21-8-4-2-5-9-21)18-27(37)22-10-6-3-7-11-22/h2,4-5,8-9,12-13,22-23,25-27,34H,3,6-7,10-11,14-20H2,1H3,(H,35,39)/p+2/t23-,25?,26?,27+,32+/m1/s1. The van der Waals surface area contributed by atoms with E-state index in [0.29, 0.717) is 28.9 Å². The van der Waals surface area contributed by atoms with Gasteiger partial charge in [0.25, 0.3) is 5.15 Å². The normalized spacial score (nSPS) is 30.6. The summed E-state index contributed by atoms with van der Waals surface area (Å²) in [5.74, 6) is 1.33. The van der Waals surface area contributed by atoms with Crippen molar-refractivity contribution in [3.05, 3.63) is 64.4 Å². The number of piperidine rings is 1. The van der Waals surface area contributed by atoms with Crippen LogP contribution in [-0.2, 0) is 14.9 Å². The first-order valence-corrected chi connectivity index (χ1v) is 15.6. The Hall–Kier alpha value is -2.64. The maximum atomic E-state index is 14.7. The molecular formula is C32H43ClN4O3+2. The molecule has 2 saturated heterocycles. The number of nitrogens with zero attached hydrogens (tertiary/aromatic N) is 1. The molecule has 8 heteroatoms. The zero-order valence-corrected chi connectivity index (χ0v) is 24.3. The summed E-state index contributed by atoms with van der Waals surface area (Å²) in [5.41, 5.74) is 3.16. The molecule has 3 fully saturated rings. The Morgan fingerprint density at radius 3 is 2.65 bits per heavy atom. The molecule has 2 aromatic rings. The van der Waals surface area contributed by atoms with E-state index in [2.05, 4.69) is 56.9 Å². The third-order valence-electron chi connectivity index (χ3n) is 10.5. The summed E-state index contributed by atoms with van der Waals surface area (Å²) in [6.45, 7) is 2.50. The van der Waals surface area contributed by atoms with Crippen LogP contribution in [0.15, 0.2) is 42.5 Å². The van der Waals surface area contributed by atoms with Crippen LogP contribution >= 0.6 is 11.6 Å². The van der Waals surface area contributed by atoms with Gasteiger partial charge in [0.05, 0.1) is 25.6 Å². The van der Waals surface area contributed by atoms with Crippen molar-refractivity contribution in [1.82, 2.24) is 10.2 Å². The lowest BCUT2D eigenvalue weighted by molar-refractivity contribution is -0.640. The number of carbonyl (C=O) groups is 2. The number of nitrogens with one attached hydrogen (secondary N) is 2. The number of quaternary nitrogens is 1. The molecule has 1 spiro atoms. The summed E-state index contributed by atoms with van der Waals surface area (Å²) in [5, 5.41) is 5.83. The third kappa shape index (κ3) is 5.11. The summed E-state index contributed by atoms with van der Waals surface area (Å²) in [4.78, 5) is 32.5. The van der Waals surface area contributed by atoms with Crippen LogP contribution < -0.4 is 15.6 Å². The van der Waals surface area contributed by atoms with Crippen LogP contribution in [0.25, 0.3) is 0 Å². The van der Waals surface area contributed by atoms with Gasteiger partial charge in [-0.2, -0.15) is 4.98 Å². The number of alkyl carbamates (subject to hydrolysis) is 1. The van der Waals surface area contributed by atoms with E-state index >= 15 is 0 Å². The van der Waals surface area contributed by atoms with Crippen LogP contribution in [0.1, 0.15) is 86.6 Å². The quantitative estimate of drug-likeness (QED) is 0.545. The molecule has 4 aliphatic rings. The first-order valence-electron chi connectivity index (χ1n) is 15.2. The second kappa shape index (κ2) is 11.7. The number of nitrogens with two attached hydrogens (primary N) is 1. The highest BCUT2D eigenvalue weighted by atomic mass is 35.5. The minimum Gasteiger partial charge on any atom is -0.453 e. The predicted molar refractivity (Wildman–Crippen MR) is 153 cm³/mol. The van der Waals surface area contributed by atoms with Crippen molar-refractivity contribution in [2.75, 3.05) is 26.7 Å². The van der Waals surface area contributed by atoms with Gasteiger partial charge in [0.1, 0.15) is 12.0 Å². The van der Waals surface area contributed by atoms with Gasteiger partial charge >= 0.3 is 6.09 Å². The lowest BCUT2D eigenvalue weighted by atomic mass is 9.63. The summed E-state index contributed by atoms with van der Waals surface area (Å²) >= 11 is 6.41. The molecule has 0 radical (unpaired) electrons. The van der Waals surface area contributed by atoms with Crippen molar-refractivity contribution < 1.29 is 24.6 Å². The number of H-pyrrole nitrogens is 1. The molecule has 2 unspecified atom stereocenters. The molecule has 2 aliphatic carbocycles. The summed E-state index contributed by atoms with van der Waals surface area (Å²) in [7, 11) is 1.38. The minimum atomic E-state index is -0.456. The Labute approximate surface area is 242 Å². The molecule has 0 bridgehead atoms. The van der Waals surface area contributed by atoms with Crippen molar-refractivity contribution in [1.29, 1.82) is 0 Å². The summed E-state index contributed by atoms with van der Waals surface area (Å²) in [6.07, 6.45) is 9.54. The molecule has 3 heterocycles. The van der Waals surface area contributed by atoms with E-state index in [9.17, 15) is 9.59 Å². The van der Waals surface area contributed by atoms with Crippen LogP contribution in [0.4, 0.5) is 4.79 Å². The van der Waals surface area contributed by atoms with Crippen LogP contribution in [0.3, 0.4) is 0 Å². The number of hydrogen-bond acceptors (Lipinski definition) is 3. The molecule has 2 amide bonds. The number of likely N-dealkylation sites (tertiary alicyclic amines) is 1. The van der Waals surface area contributed by atoms with Gasteiger partial charge < -0.3 is 20.3 Å².